The zero-order chi connectivity index (χ0) is 68.4. The van der Waals surface area contributed by atoms with E-state index in [1.165, 1.54) is 116 Å². The average Bonchev–Trinajstić information content (AvgIpc) is 0.939. The van der Waals surface area contributed by atoms with E-state index in [1.54, 1.807) is 23.3 Å². The Hall–Kier alpha value is -9.73. The molecule has 16 aromatic carbocycles. The van der Waals surface area contributed by atoms with E-state index < -0.39 is 32.3 Å². The summed E-state index contributed by atoms with van der Waals surface area (Å²) in [6, 6.07) is 156. The van der Waals surface area contributed by atoms with Crippen LogP contribution >= 0.6 is 0 Å². The number of aryl methyl sites for hydroxylation is 2. The standard InChI is InChI=1S/2C46H37Si2.C2H6Si.Zr/c2*1-36-32-37-34-45(47(39-20-8-2-9-21-39,40-22-10-3-11-23-40)41-24-12-4-13-25-41)46(35-38(37)33-36)48(42-26-14-5-15-27-42,43-28-16-6-17-29-43)44-30-18-7-19-31-44;1-3-2;/h2*2-35H,1H3;1-2H3;/q2*-1;;+2. The maximum atomic E-state index is 2.59. The zero-order valence-electron chi connectivity index (χ0n) is 57.3. The van der Waals surface area contributed by atoms with Crippen molar-refractivity contribution in [1.82, 2.24) is 0 Å². The zero-order valence-corrected chi connectivity index (χ0v) is 64.7. The van der Waals surface area contributed by atoms with Crippen molar-refractivity contribution in [3.05, 3.63) is 424 Å². The number of rotatable bonds is 16. The second-order valence-electron chi connectivity index (χ2n) is 26.5. The van der Waals surface area contributed by atoms with Crippen LogP contribution in [0.3, 0.4) is 0 Å². The van der Waals surface area contributed by atoms with Gasteiger partial charge in [-0.2, -0.15) is 22.9 Å². The van der Waals surface area contributed by atoms with Gasteiger partial charge in [0, 0.05) is 0 Å². The second-order valence-corrected chi connectivity index (χ2v) is 51.0. The van der Waals surface area contributed by atoms with Gasteiger partial charge in [0.1, 0.15) is 0 Å². The molecule has 0 nitrogen and oxygen atoms in total. The molecule has 0 radical (unpaired) electrons. The summed E-state index contributed by atoms with van der Waals surface area (Å²) in [5.41, 5.74) is 2.80. The van der Waals surface area contributed by atoms with Crippen LogP contribution in [0, 0.1) is 13.8 Å². The molecule has 0 fully saturated rings. The van der Waals surface area contributed by atoms with Gasteiger partial charge in [-0.15, -0.1) is 58.3 Å². The van der Waals surface area contributed by atoms with Crippen molar-refractivity contribution in [2.45, 2.75) is 26.9 Å². The first-order valence-corrected chi connectivity index (χ1v) is 49.0. The maximum Gasteiger partial charge on any atom is 0.177 e. The number of benzene rings is 14. The minimum atomic E-state index is -2.93. The molecular formula is C94H80Si5Zr. The second kappa shape index (κ2) is 30.4. The van der Waals surface area contributed by atoms with E-state index in [4.69, 9.17) is 0 Å². The first-order valence-electron chi connectivity index (χ1n) is 34.8. The normalized spacial score (nSPS) is 11.7. The van der Waals surface area contributed by atoms with Gasteiger partial charge >= 0.3 is 41.9 Å². The third kappa shape index (κ3) is 12.7. The van der Waals surface area contributed by atoms with Crippen molar-refractivity contribution in [2.75, 3.05) is 0 Å². The van der Waals surface area contributed by atoms with Crippen molar-refractivity contribution in [2.24, 2.45) is 0 Å². The third-order valence-corrected chi connectivity index (χ3v) is 39.9. The Morgan fingerprint density at radius 1 is 0.210 bits per heavy atom. The van der Waals surface area contributed by atoms with Crippen molar-refractivity contribution in [3.63, 3.8) is 0 Å². The number of fused-ring (bicyclic) bond motifs is 2. The summed E-state index contributed by atoms with van der Waals surface area (Å²) < 4.78 is 0. The fraction of sp³-hybridized carbons (Fsp3) is 0.0426. The van der Waals surface area contributed by atoms with Gasteiger partial charge < -0.3 is 0 Å². The summed E-state index contributed by atoms with van der Waals surface area (Å²) in [4.78, 5) is 0. The molecule has 0 N–H and O–H groups in total. The molecule has 0 amide bonds. The Labute approximate surface area is 610 Å². The summed E-state index contributed by atoms with van der Waals surface area (Å²) in [5.74, 6) is 0. The first-order chi connectivity index (χ1) is 49.2. The SMILES string of the molecule is C[Si](C)=[Zr+2].Cc1cc2cc([Si](c3ccccc3)(c3ccccc3)c3ccccc3)c([Si](c3ccccc3)(c3ccccc3)c3ccccc3)cc2[cH-]1.Cc1cc2cc([Si](c3ccccc3)(c3ccccc3)c3ccccc3)c([Si](c3ccccc3)(c3ccccc3)c3ccccc3)cc2[cH-]1. The molecule has 0 aromatic heterocycles. The summed E-state index contributed by atoms with van der Waals surface area (Å²) in [5, 5.41) is 27.8. The van der Waals surface area contributed by atoms with E-state index >= 15 is 0 Å². The molecule has 6 heteroatoms. The molecular weight excluding hydrogens is 1360 g/mol. The van der Waals surface area contributed by atoms with Crippen molar-refractivity contribution >= 4 is 142 Å². The summed E-state index contributed by atoms with van der Waals surface area (Å²) in [6.07, 6.45) is 0. The quantitative estimate of drug-likeness (QED) is 0.0514. The van der Waals surface area contributed by atoms with E-state index in [9.17, 15) is 0 Å². The van der Waals surface area contributed by atoms with Crippen molar-refractivity contribution in [1.29, 1.82) is 0 Å². The minimum Gasteiger partial charge on any atom is -0.165 e. The Balaban J connectivity index is 0.000000162. The molecule has 0 atom stereocenters. The van der Waals surface area contributed by atoms with Crippen LogP contribution in [-0.2, 0) is 23.3 Å². The molecule has 16 rings (SSSR count). The Morgan fingerprint density at radius 2 is 0.340 bits per heavy atom. The van der Waals surface area contributed by atoms with Gasteiger partial charge in [-0.3, -0.25) is 0 Å². The fourth-order valence-electron chi connectivity index (χ4n) is 16.2. The van der Waals surface area contributed by atoms with Gasteiger partial charge in [0.2, 0.25) is 0 Å². The average molecular weight is 1440 g/mol. The van der Waals surface area contributed by atoms with Crippen LogP contribution in [0.2, 0.25) is 13.1 Å². The Kier molecular flexibility index (Phi) is 20.5. The van der Waals surface area contributed by atoms with Crippen LogP contribution < -0.4 is 83.0 Å². The largest absolute Gasteiger partial charge is 0.177 e. The predicted molar refractivity (Wildman–Crippen MR) is 441 cm³/mol. The molecule has 100 heavy (non-hydrogen) atoms. The molecule has 0 unspecified atom stereocenters. The van der Waals surface area contributed by atoms with Gasteiger partial charge in [0.15, 0.2) is 32.3 Å². The number of hydrogen-bond acceptors (Lipinski definition) is 0. The molecule has 0 heterocycles. The van der Waals surface area contributed by atoms with E-state index in [1.807, 2.05) is 0 Å². The van der Waals surface area contributed by atoms with Gasteiger partial charge in [-0.05, 0) is 62.2 Å². The molecule has 0 spiro atoms. The van der Waals surface area contributed by atoms with Gasteiger partial charge in [0.05, 0.1) is 0 Å². The molecule has 16 aromatic rings. The first kappa shape index (κ1) is 67.5. The topological polar surface area (TPSA) is 0 Å². The van der Waals surface area contributed by atoms with E-state index in [0.717, 1.165) is 0 Å². The fourth-order valence-corrected chi connectivity index (χ4v) is 37.9. The van der Waals surface area contributed by atoms with Crippen LogP contribution in [0.4, 0.5) is 0 Å². The van der Waals surface area contributed by atoms with Crippen LogP contribution in [0.1, 0.15) is 11.1 Å². The van der Waals surface area contributed by atoms with Crippen LogP contribution in [-0.4, -0.2) is 37.7 Å². The Morgan fingerprint density at radius 3 is 0.480 bits per heavy atom. The third-order valence-electron chi connectivity index (χ3n) is 20.1. The maximum absolute atomic E-state index is 2.93. The molecule has 0 bridgehead atoms. The van der Waals surface area contributed by atoms with E-state index in [2.05, 4.69) is 439 Å². The molecule has 0 aliphatic heterocycles. The van der Waals surface area contributed by atoms with Gasteiger partial charge in [-0.25, -0.2) is 0 Å². The van der Waals surface area contributed by atoms with Crippen molar-refractivity contribution < 1.29 is 23.3 Å². The summed E-state index contributed by atoms with van der Waals surface area (Å²) >= 11 is 1.74. The predicted octanol–water partition coefficient (Wildman–Crippen LogP) is 12.0. The van der Waals surface area contributed by atoms with Gasteiger partial charge in [0.25, 0.3) is 0 Å². The van der Waals surface area contributed by atoms with Crippen LogP contribution in [0.25, 0.3) is 21.5 Å². The van der Waals surface area contributed by atoms with E-state index in [-0.39, 0.29) is 5.43 Å². The molecule has 0 saturated carbocycles. The monoisotopic (exact) mass is 1440 g/mol. The molecule has 0 aliphatic rings. The summed E-state index contributed by atoms with van der Waals surface area (Å²) in [7, 11) is -11.7. The van der Waals surface area contributed by atoms with Gasteiger partial charge in [-0.1, -0.05) is 399 Å². The minimum absolute atomic E-state index is 0.210. The van der Waals surface area contributed by atoms with E-state index in [0.29, 0.717) is 0 Å². The molecule has 0 saturated heterocycles. The molecule has 0 aliphatic carbocycles. The summed E-state index contributed by atoms with van der Waals surface area (Å²) in [6.45, 7) is 9.07. The smallest absolute Gasteiger partial charge is 0.165 e. The van der Waals surface area contributed by atoms with Crippen LogP contribution in [0.15, 0.2) is 413 Å². The van der Waals surface area contributed by atoms with Crippen LogP contribution in [0.5, 0.6) is 0 Å². The van der Waals surface area contributed by atoms with Crippen molar-refractivity contribution in [3.8, 4) is 0 Å². The molecule has 480 valence electrons. The Bertz CT molecular complexity index is 4260. The number of hydrogen-bond donors (Lipinski definition) is 0.